The van der Waals surface area contributed by atoms with Crippen molar-refractivity contribution < 1.29 is 33.8 Å². The Hall–Kier alpha value is -5.95. The normalized spacial score (nSPS) is 10.0. The predicted octanol–water partition coefficient (Wildman–Crippen LogP) is 6.99. The Morgan fingerprint density at radius 1 is 0.405 bits per heavy atom. The number of benzene rings is 5. The van der Waals surface area contributed by atoms with Crippen LogP contribution in [0.15, 0.2) is 140 Å². The molecular weight excluding hydrogens is 532 g/mol. The van der Waals surface area contributed by atoms with E-state index in [1.54, 1.807) is 97.1 Å². The van der Waals surface area contributed by atoms with Crippen molar-refractivity contribution in [2.45, 2.75) is 0 Å². The van der Waals surface area contributed by atoms with Gasteiger partial charge in [-0.1, -0.05) is 103 Å². The Bertz CT molecular complexity index is 1660. The molecule has 0 saturated heterocycles. The number of carboxylic acids is 1. The van der Waals surface area contributed by atoms with Crippen LogP contribution in [0.2, 0.25) is 0 Å². The van der Waals surface area contributed by atoms with E-state index in [0.29, 0.717) is 22.4 Å². The molecule has 5 rings (SSSR count). The van der Waals surface area contributed by atoms with Crippen LogP contribution >= 0.6 is 0 Å². The molecule has 0 atom stereocenters. The second-order valence-corrected chi connectivity index (χ2v) is 8.84. The average Bonchev–Trinajstić information content (AvgIpc) is 3.05. The van der Waals surface area contributed by atoms with Crippen molar-refractivity contribution in [3.63, 3.8) is 0 Å². The van der Waals surface area contributed by atoms with Crippen molar-refractivity contribution in [1.82, 2.24) is 0 Å². The van der Waals surface area contributed by atoms with E-state index in [1.165, 1.54) is 30.3 Å². The lowest BCUT2D eigenvalue weighted by Gasteiger charge is -2.10. The highest BCUT2D eigenvalue weighted by Crippen LogP contribution is 2.27. The molecule has 0 radical (unpaired) electrons. The van der Waals surface area contributed by atoms with Crippen LogP contribution in [0.5, 0.6) is 11.5 Å². The minimum absolute atomic E-state index is 0.126. The van der Waals surface area contributed by atoms with Gasteiger partial charge in [0, 0.05) is 16.7 Å². The van der Waals surface area contributed by atoms with E-state index in [4.69, 9.17) is 9.84 Å². The van der Waals surface area contributed by atoms with E-state index in [1.807, 2.05) is 12.1 Å². The van der Waals surface area contributed by atoms with Crippen molar-refractivity contribution in [1.29, 1.82) is 0 Å². The van der Waals surface area contributed by atoms with Crippen LogP contribution in [0.4, 0.5) is 0 Å². The number of carbonyl (C=O) groups excluding carboxylic acids is 4. The van der Waals surface area contributed by atoms with Crippen LogP contribution in [0.25, 0.3) is 0 Å². The molecule has 0 aliphatic heterocycles. The molecule has 0 spiro atoms. The van der Waals surface area contributed by atoms with Crippen LogP contribution in [0.1, 0.15) is 51.8 Å². The first-order valence-electron chi connectivity index (χ1n) is 12.8. The molecule has 0 aliphatic rings. The fourth-order valence-electron chi connectivity index (χ4n) is 3.82. The van der Waals surface area contributed by atoms with E-state index in [0.717, 1.165) is 0 Å². The van der Waals surface area contributed by atoms with Gasteiger partial charge in [0.1, 0.15) is 11.5 Å². The van der Waals surface area contributed by atoms with E-state index >= 15 is 0 Å². The zero-order valence-electron chi connectivity index (χ0n) is 22.2. The number of carboxylic acid groups (broad SMARTS) is 1. The summed E-state index contributed by atoms with van der Waals surface area (Å²) in [5.41, 5.74) is 1.43. The lowest BCUT2D eigenvalue weighted by molar-refractivity contribution is 0.0696. The summed E-state index contributed by atoms with van der Waals surface area (Å²) < 4.78 is 5.69. The van der Waals surface area contributed by atoms with Crippen molar-refractivity contribution in [2.75, 3.05) is 0 Å². The number of hydrogen-bond acceptors (Lipinski definition) is 6. The summed E-state index contributed by atoms with van der Waals surface area (Å²) in [5, 5.41) is 8.93. The molecule has 0 saturated carbocycles. The Kier molecular flexibility index (Phi) is 9.62. The summed E-state index contributed by atoms with van der Waals surface area (Å²) in [5.74, 6) is -2.68. The largest absolute Gasteiger partial charge is 0.478 e. The minimum atomic E-state index is -1.04. The highest BCUT2D eigenvalue weighted by atomic mass is 16.5. The molecule has 206 valence electrons. The number of aromatic carboxylic acids is 1. The van der Waals surface area contributed by atoms with Gasteiger partial charge in [-0.2, -0.15) is 0 Å². The van der Waals surface area contributed by atoms with Crippen LogP contribution in [-0.2, 0) is 0 Å². The molecule has 0 aliphatic carbocycles. The third kappa shape index (κ3) is 7.37. The second kappa shape index (κ2) is 13.9. The number of hydrogen-bond donors (Lipinski definition) is 1. The second-order valence-electron chi connectivity index (χ2n) is 8.84. The zero-order chi connectivity index (χ0) is 29.9. The summed E-state index contributed by atoms with van der Waals surface area (Å²) in [6.45, 7) is 0. The summed E-state index contributed by atoms with van der Waals surface area (Å²) in [7, 11) is 0. The first-order valence-corrected chi connectivity index (χ1v) is 12.8. The molecule has 42 heavy (non-hydrogen) atoms. The monoisotopic (exact) mass is 556 g/mol. The van der Waals surface area contributed by atoms with Crippen LogP contribution in [0, 0.1) is 0 Å². The SMILES string of the molecule is O=C(C(=O)c1ccccc1)c1ccccc1.O=C(O)c1ccc(Oc2ccccc2C(=O)C(=O)c2ccccc2)cc1. The summed E-state index contributed by atoms with van der Waals surface area (Å²) in [4.78, 5) is 59.5. The molecular formula is C35H24O7. The van der Waals surface area contributed by atoms with Crippen molar-refractivity contribution in [3.8, 4) is 11.5 Å². The quantitative estimate of drug-likeness (QED) is 0.154. The Morgan fingerprint density at radius 2 is 0.786 bits per heavy atom. The number of rotatable bonds is 9. The molecule has 0 aromatic heterocycles. The predicted molar refractivity (Wildman–Crippen MR) is 157 cm³/mol. The van der Waals surface area contributed by atoms with Gasteiger partial charge < -0.3 is 9.84 Å². The van der Waals surface area contributed by atoms with Gasteiger partial charge >= 0.3 is 5.97 Å². The number of ether oxygens (including phenoxy) is 1. The third-order valence-corrected chi connectivity index (χ3v) is 5.98. The number of carbonyl (C=O) groups is 5. The summed E-state index contributed by atoms with van der Waals surface area (Å²) >= 11 is 0. The van der Waals surface area contributed by atoms with Gasteiger partial charge in [0.05, 0.1) is 11.1 Å². The van der Waals surface area contributed by atoms with E-state index in [2.05, 4.69) is 0 Å². The van der Waals surface area contributed by atoms with E-state index in [-0.39, 0.29) is 16.9 Å². The molecule has 7 nitrogen and oxygen atoms in total. The average molecular weight is 557 g/mol. The Morgan fingerprint density at radius 3 is 1.21 bits per heavy atom. The van der Waals surface area contributed by atoms with Gasteiger partial charge in [0.15, 0.2) is 0 Å². The molecule has 0 fully saturated rings. The molecule has 0 amide bonds. The van der Waals surface area contributed by atoms with Gasteiger partial charge in [-0.15, -0.1) is 0 Å². The van der Waals surface area contributed by atoms with Gasteiger partial charge in [0.2, 0.25) is 23.1 Å². The van der Waals surface area contributed by atoms with Gasteiger partial charge in [-0.05, 0) is 36.4 Å². The lowest BCUT2D eigenvalue weighted by atomic mass is 10.0. The van der Waals surface area contributed by atoms with Crippen molar-refractivity contribution in [2.24, 2.45) is 0 Å². The molecule has 5 aromatic rings. The Labute approximate surface area is 241 Å². The number of ketones is 4. The van der Waals surface area contributed by atoms with Crippen LogP contribution in [0.3, 0.4) is 0 Å². The molecule has 0 bridgehead atoms. The smallest absolute Gasteiger partial charge is 0.335 e. The maximum Gasteiger partial charge on any atom is 0.335 e. The third-order valence-electron chi connectivity index (χ3n) is 5.98. The lowest BCUT2D eigenvalue weighted by Crippen LogP contribution is -2.15. The van der Waals surface area contributed by atoms with Crippen LogP contribution < -0.4 is 4.74 Å². The molecule has 0 heterocycles. The zero-order valence-corrected chi connectivity index (χ0v) is 22.2. The first kappa shape index (κ1) is 29.0. The maximum atomic E-state index is 12.6. The van der Waals surface area contributed by atoms with Crippen molar-refractivity contribution >= 4 is 29.1 Å². The highest BCUT2D eigenvalue weighted by molar-refractivity contribution is 6.50. The van der Waals surface area contributed by atoms with E-state index < -0.39 is 29.1 Å². The minimum Gasteiger partial charge on any atom is -0.478 e. The molecule has 0 unspecified atom stereocenters. The summed E-state index contributed by atoms with van der Waals surface area (Å²) in [6.07, 6.45) is 0. The van der Waals surface area contributed by atoms with Crippen LogP contribution in [-0.4, -0.2) is 34.2 Å². The molecule has 5 aromatic carbocycles. The highest BCUT2D eigenvalue weighted by Gasteiger charge is 2.22. The van der Waals surface area contributed by atoms with Gasteiger partial charge in [0.25, 0.3) is 0 Å². The Balaban J connectivity index is 0.000000216. The molecule has 7 heteroatoms. The fourth-order valence-corrected chi connectivity index (χ4v) is 3.82. The number of Topliss-reactive ketones (excluding diaryl/α,β-unsaturated/α-hetero) is 4. The van der Waals surface area contributed by atoms with E-state index in [9.17, 15) is 24.0 Å². The first-order chi connectivity index (χ1) is 20.3. The fraction of sp³-hybridized carbons (Fsp3) is 0. The topological polar surface area (TPSA) is 115 Å². The van der Waals surface area contributed by atoms with Crippen molar-refractivity contribution in [3.05, 3.63) is 167 Å². The maximum absolute atomic E-state index is 12.6. The summed E-state index contributed by atoms with van der Waals surface area (Å²) in [6, 6.07) is 37.7. The van der Waals surface area contributed by atoms with Gasteiger partial charge in [-0.3, -0.25) is 19.2 Å². The number of para-hydroxylation sites is 1. The molecule has 1 N–H and O–H groups in total. The standard InChI is InChI=1S/C21H14O5.C14H10O2/c22-19(14-6-2-1-3-7-14)20(23)17-8-4-5-9-18(17)26-16-12-10-15(11-13-16)21(24)25;15-13(11-7-3-1-4-8-11)14(16)12-9-5-2-6-10-12/h1-13H,(H,24,25);1-10H. The van der Waals surface area contributed by atoms with Gasteiger partial charge in [-0.25, -0.2) is 4.79 Å².